The van der Waals surface area contributed by atoms with Gasteiger partial charge in [-0.3, -0.25) is 9.89 Å². The van der Waals surface area contributed by atoms with E-state index in [-0.39, 0.29) is 29.2 Å². The Kier molecular flexibility index (Phi) is 4.50. The average Bonchev–Trinajstić information content (AvgIpc) is 2.91. The van der Waals surface area contributed by atoms with E-state index in [1.807, 2.05) is 0 Å². The van der Waals surface area contributed by atoms with Crippen molar-refractivity contribution in [2.75, 3.05) is 11.9 Å². The van der Waals surface area contributed by atoms with Crippen LogP contribution in [-0.2, 0) is 4.74 Å². The van der Waals surface area contributed by atoms with Gasteiger partial charge in [0.05, 0.1) is 6.61 Å². The smallest absolute Gasteiger partial charge is 0.356 e. The van der Waals surface area contributed by atoms with Crippen molar-refractivity contribution >= 4 is 17.7 Å². The molecule has 0 saturated carbocycles. The molecule has 2 aromatic rings. The molecule has 2 N–H and O–H groups in total. The van der Waals surface area contributed by atoms with Crippen molar-refractivity contribution in [1.29, 1.82) is 0 Å². The number of hydrogen-bond acceptors (Lipinski definition) is 4. The molecule has 0 bridgehead atoms. The molecule has 0 radical (unpaired) electrons. The number of amides is 1. The molecule has 2 rings (SSSR count). The Morgan fingerprint density at radius 2 is 1.95 bits per heavy atom. The van der Waals surface area contributed by atoms with Crippen LogP contribution in [0.3, 0.4) is 0 Å². The fraction of sp³-hybridized carbons (Fsp3) is 0.214. The lowest BCUT2D eigenvalue weighted by Gasteiger charge is -2.06. The van der Waals surface area contributed by atoms with Crippen LogP contribution in [-0.4, -0.2) is 28.7 Å². The zero-order chi connectivity index (χ0) is 16.3. The number of ether oxygens (including phenoxy) is 1. The summed E-state index contributed by atoms with van der Waals surface area (Å²) in [6.45, 7) is 3.34. The van der Waals surface area contributed by atoms with E-state index in [2.05, 4.69) is 15.5 Å². The Morgan fingerprint density at radius 3 is 2.64 bits per heavy atom. The zero-order valence-electron chi connectivity index (χ0n) is 11.9. The number of benzene rings is 1. The number of rotatable bonds is 4. The number of esters is 1. The minimum absolute atomic E-state index is 0.0282. The number of aromatic amines is 1. The van der Waals surface area contributed by atoms with Gasteiger partial charge in [-0.25, -0.2) is 13.6 Å². The normalized spacial score (nSPS) is 10.4. The largest absolute Gasteiger partial charge is 0.461 e. The third-order valence-corrected chi connectivity index (χ3v) is 2.83. The summed E-state index contributed by atoms with van der Waals surface area (Å²) in [5.74, 6) is -3.36. The van der Waals surface area contributed by atoms with Gasteiger partial charge in [0.1, 0.15) is 5.69 Å². The number of aromatic nitrogens is 2. The number of nitrogens with zero attached hydrogens (tertiary/aromatic N) is 1. The molecule has 0 unspecified atom stereocenters. The minimum Gasteiger partial charge on any atom is -0.461 e. The fourth-order valence-electron chi connectivity index (χ4n) is 1.77. The molecule has 0 spiro atoms. The number of hydrogen-bond donors (Lipinski definition) is 2. The van der Waals surface area contributed by atoms with Gasteiger partial charge in [0.25, 0.3) is 5.91 Å². The molecule has 0 atom stereocenters. The Labute approximate surface area is 124 Å². The first-order valence-corrected chi connectivity index (χ1v) is 6.42. The summed E-state index contributed by atoms with van der Waals surface area (Å²) in [5, 5.41) is 8.52. The van der Waals surface area contributed by atoms with Crippen LogP contribution in [0.25, 0.3) is 0 Å². The number of H-pyrrole nitrogens is 1. The van der Waals surface area contributed by atoms with Crippen molar-refractivity contribution in [3.63, 3.8) is 0 Å². The average molecular weight is 309 g/mol. The predicted molar refractivity (Wildman–Crippen MR) is 73.6 cm³/mol. The Morgan fingerprint density at radius 1 is 1.27 bits per heavy atom. The van der Waals surface area contributed by atoms with Gasteiger partial charge in [-0.15, -0.1) is 0 Å². The molecule has 116 valence electrons. The molecule has 0 aliphatic heterocycles. The van der Waals surface area contributed by atoms with E-state index in [4.69, 9.17) is 4.74 Å². The fourth-order valence-corrected chi connectivity index (χ4v) is 1.77. The first-order valence-electron chi connectivity index (χ1n) is 6.42. The van der Waals surface area contributed by atoms with Gasteiger partial charge in [-0.1, -0.05) is 0 Å². The highest BCUT2D eigenvalue weighted by Crippen LogP contribution is 2.16. The Balaban J connectivity index is 2.16. The number of carbonyl (C=O) groups is 2. The Bertz CT molecular complexity index is 728. The van der Waals surface area contributed by atoms with Crippen LogP contribution in [0, 0.1) is 18.6 Å². The molecule has 0 aliphatic rings. The lowest BCUT2D eigenvalue weighted by Crippen LogP contribution is -2.14. The Hall–Kier alpha value is -2.77. The van der Waals surface area contributed by atoms with Crippen LogP contribution in [0.5, 0.6) is 0 Å². The highest BCUT2D eigenvalue weighted by atomic mass is 19.2. The summed E-state index contributed by atoms with van der Waals surface area (Å²) in [5.41, 5.74) is 0.316. The molecule has 0 saturated heterocycles. The van der Waals surface area contributed by atoms with Gasteiger partial charge in [0, 0.05) is 11.6 Å². The second kappa shape index (κ2) is 6.33. The molecule has 0 fully saturated rings. The molecule has 1 amide bonds. The van der Waals surface area contributed by atoms with E-state index in [0.717, 1.165) is 12.1 Å². The van der Waals surface area contributed by atoms with Crippen molar-refractivity contribution in [2.45, 2.75) is 13.8 Å². The van der Waals surface area contributed by atoms with E-state index >= 15 is 0 Å². The van der Waals surface area contributed by atoms with Crippen LogP contribution < -0.4 is 5.32 Å². The second-order valence-electron chi connectivity index (χ2n) is 4.42. The lowest BCUT2D eigenvalue weighted by atomic mass is 10.1. The van der Waals surface area contributed by atoms with Crippen molar-refractivity contribution in [3.8, 4) is 0 Å². The first kappa shape index (κ1) is 15.6. The number of anilines is 1. The van der Waals surface area contributed by atoms with E-state index in [0.29, 0.717) is 0 Å². The maximum atomic E-state index is 13.2. The highest BCUT2D eigenvalue weighted by molar-refractivity contribution is 6.05. The number of nitrogens with one attached hydrogen (secondary N) is 2. The molecular weight excluding hydrogens is 296 g/mol. The summed E-state index contributed by atoms with van der Waals surface area (Å²) in [7, 11) is 0. The van der Waals surface area contributed by atoms with Gasteiger partial charge in [0.15, 0.2) is 17.5 Å². The maximum absolute atomic E-state index is 13.2. The van der Waals surface area contributed by atoms with Crippen LogP contribution in [0.4, 0.5) is 14.6 Å². The molecule has 22 heavy (non-hydrogen) atoms. The molecular formula is C14H13F2N3O3. The van der Waals surface area contributed by atoms with Crippen molar-refractivity contribution < 1.29 is 23.1 Å². The third kappa shape index (κ3) is 3.27. The summed E-state index contributed by atoms with van der Waals surface area (Å²) >= 11 is 0. The van der Waals surface area contributed by atoms with E-state index < -0.39 is 23.5 Å². The van der Waals surface area contributed by atoms with Crippen LogP contribution in [0.2, 0.25) is 0 Å². The molecule has 8 heteroatoms. The van der Waals surface area contributed by atoms with E-state index in [9.17, 15) is 18.4 Å². The van der Waals surface area contributed by atoms with Gasteiger partial charge < -0.3 is 10.1 Å². The van der Waals surface area contributed by atoms with E-state index in [1.54, 1.807) is 6.92 Å². The monoisotopic (exact) mass is 309 g/mol. The quantitative estimate of drug-likeness (QED) is 0.850. The maximum Gasteiger partial charge on any atom is 0.356 e. The van der Waals surface area contributed by atoms with Gasteiger partial charge >= 0.3 is 5.97 Å². The summed E-state index contributed by atoms with van der Waals surface area (Å²) < 4.78 is 31.0. The first-order chi connectivity index (χ1) is 10.4. The van der Waals surface area contributed by atoms with Crippen molar-refractivity contribution in [3.05, 3.63) is 46.7 Å². The predicted octanol–water partition coefficient (Wildman–Crippen LogP) is 2.43. The van der Waals surface area contributed by atoms with Crippen LogP contribution >= 0.6 is 0 Å². The molecule has 6 nitrogen and oxygen atoms in total. The summed E-state index contributed by atoms with van der Waals surface area (Å²) in [4.78, 5) is 23.5. The molecule has 0 aliphatic carbocycles. The molecule has 1 heterocycles. The minimum atomic E-state index is -1.12. The van der Waals surface area contributed by atoms with Gasteiger partial charge in [-0.2, -0.15) is 5.10 Å². The van der Waals surface area contributed by atoms with Gasteiger partial charge in [0.2, 0.25) is 0 Å². The highest BCUT2D eigenvalue weighted by Gasteiger charge is 2.16. The number of carbonyl (C=O) groups excluding carboxylic acids is 2. The molecule has 1 aromatic heterocycles. The SMILES string of the molecule is CCOC(=O)c1cc(NC(=O)c2cc(F)c(F)cc2C)n[nH]1. The standard InChI is InChI=1S/C14H13F2N3O3/c1-3-22-14(21)11-6-12(19-18-11)17-13(20)8-5-10(16)9(15)4-7(8)2/h4-6H,3H2,1-2H3,(H2,17,18,19,20). The van der Waals surface area contributed by atoms with Crippen LogP contribution in [0.1, 0.15) is 33.3 Å². The second-order valence-corrected chi connectivity index (χ2v) is 4.42. The van der Waals surface area contributed by atoms with Crippen LogP contribution in [0.15, 0.2) is 18.2 Å². The topological polar surface area (TPSA) is 84.1 Å². The van der Waals surface area contributed by atoms with E-state index in [1.165, 1.54) is 13.0 Å². The summed E-state index contributed by atoms with van der Waals surface area (Å²) in [6.07, 6.45) is 0. The van der Waals surface area contributed by atoms with Gasteiger partial charge in [-0.05, 0) is 31.5 Å². The number of halogens is 2. The number of aryl methyl sites for hydroxylation is 1. The zero-order valence-corrected chi connectivity index (χ0v) is 11.9. The lowest BCUT2D eigenvalue weighted by molar-refractivity contribution is 0.0519. The third-order valence-electron chi connectivity index (χ3n) is 2.83. The van der Waals surface area contributed by atoms with Crippen molar-refractivity contribution in [2.24, 2.45) is 0 Å². The molecule has 1 aromatic carbocycles. The van der Waals surface area contributed by atoms with Crippen molar-refractivity contribution in [1.82, 2.24) is 10.2 Å². The summed E-state index contributed by atoms with van der Waals surface area (Å²) in [6, 6.07) is 3.02.